The summed E-state index contributed by atoms with van der Waals surface area (Å²) in [5.41, 5.74) is 13.5. The zero-order valence-corrected chi connectivity index (χ0v) is 4.90. The van der Waals surface area contributed by atoms with Crippen LogP contribution in [0.4, 0.5) is 0 Å². The summed E-state index contributed by atoms with van der Waals surface area (Å²) < 4.78 is 0. The molecule has 49 valence electrons. The SMILES string of the molecule is CC(=O)[O-].[Cu+2].[N-]=[N+]=[N-]. The maximum absolute atomic E-state index is 8.89. The summed E-state index contributed by atoms with van der Waals surface area (Å²) in [6.45, 7) is 0.972. The van der Waals surface area contributed by atoms with Crippen LogP contribution in [0.25, 0.3) is 16.0 Å². The molecule has 0 atom stereocenters. The molecule has 0 aliphatic heterocycles. The van der Waals surface area contributed by atoms with E-state index in [9.17, 15) is 0 Å². The molecule has 0 bridgehead atoms. The van der Waals surface area contributed by atoms with E-state index >= 15 is 0 Å². The van der Waals surface area contributed by atoms with Crippen molar-refractivity contribution in [1.29, 1.82) is 0 Å². The summed E-state index contributed by atoms with van der Waals surface area (Å²) in [4.78, 5) is 10.4. The molecule has 0 saturated carbocycles. The normalized spacial score (nSPS) is 4.12. The number of rotatable bonds is 0. The van der Waals surface area contributed by atoms with E-state index in [1.54, 1.807) is 0 Å². The van der Waals surface area contributed by atoms with Crippen molar-refractivity contribution in [1.82, 2.24) is 0 Å². The van der Waals surface area contributed by atoms with E-state index in [-0.39, 0.29) is 17.1 Å². The molecule has 0 aliphatic rings. The fourth-order valence-electron chi connectivity index (χ4n) is 0. The van der Waals surface area contributed by atoms with Crippen LogP contribution in [0.2, 0.25) is 0 Å². The van der Waals surface area contributed by atoms with Gasteiger partial charge in [-0.05, 0) is 6.92 Å². The smallest absolute Gasteiger partial charge is 0.550 e. The van der Waals surface area contributed by atoms with Gasteiger partial charge in [0.25, 0.3) is 0 Å². The van der Waals surface area contributed by atoms with Crippen LogP contribution in [0.5, 0.6) is 0 Å². The number of carboxylic acids is 1. The van der Waals surface area contributed by atoms with Gasteiger partial charge in [0.2, 0.25) is 0 Å². The Morgan fingerprint density at radius 1 is 1.62 bits per heavy atom. The summed E-state index contributed by atoms with van der Waals surface area (Å²) in [6.07, 6.45) is 0. The van der Waals surface area contributed by atoms with Crippen LogP contribution < -0.4 is 5.11 Å². The molecule has 0 N–H and O–H groups in total. The van der Waals surface area contributed by atoms with Crippen molar-refractivity contribution in [2.24, 2.45) is 0 Å². The molecule has 0 aromatic heterocycles. The zero-order chi connectivity index (χ0) is 6.28. The molecule has 1 radical (unpaired) electrons. The van der Waals surface area contributed by atoms with E-state index in [0.29, 0.717) is 0 Å². The Labute approximate surface area is 56.6 Å². The van der Waals surface area contributed by atoms with E-state index in [0.717, 1.165) is 6.92 Å². The predicted molar refractivity (Wildman–Crippen MR) is 20.8 cm³/mol. The molecule has 0 amide bonds. The van der Waals surface area contributed by atoms with E-state index in [1.807, 2.05) is 0 Å². The molecule has 0 rings (SSSR count). The molecule has 5 nitrogen and oxygen atoms in total. The fraction of sp³-hybridized carbons (Fsp3) is 0.500. The molecular weight excluding hydrogens is 162 g/mol. The molecule has 8 heavy (non-hydrogen) atoms. The Morgan fingerprint density at radius 3 is 1.62 bits per heavy atom. The quantitative estimate of drug-likeness (QED) is 0.211. The van der Waals surface area contributed by atoms with Crippen LogP contribution >= 0.6 is 0 Å². The first-order valence-electron chi connectivity index (χ1n) is 1.31. The summed E-state index contributed by atoms with van der Waals surface area (Å²) in [6, 6.07) is 0. The Kier molecular flexibility index (Phi) is 31.8. The van der Waals surface area contributed by atoms with Gasteiger partial charge in [-0.25, -0.2) is 0 Å². The zero-order valence-electron chi connectivity index (χ0n) is 3.96. The van der Waals surface area contributed by atoms with Gasteiger partial charge in [0, 0.05) is 5.97 Å². The van der Waals surface area contributed by atoms with E-state index in [2.05, 4.69) is 0 Å². The number of carbonyl (C=O) groups excluding carboxylic acids is 1. The van der Waals surface area contributed by atoms with Gasteiger partial charge in [0.15, 0.2) is 0 Å². The van der Waals surface area contributed by atoms with Crippen molar-refractivity contribution < 1.29 is 27.0 Å². The van der Waals surface area contributed by atoms with Gasteiger partial charge in [-0.15, -0.1) is 0 Å². The largest absolute Gasteiger partial charge is 2.00 e. The monoisotopic (exact) mass is 164 g/mol. The van der Waals surface area contributed by atoms with Gasteiger partial charge >= 0.3 is 17.1 Å². The minimum Gasteiger partial charge on any atom is -0.550 e. The predicted octanol–water partition coefficient (Wildman–Crippen LogP) is -0.380. The van der Waals surface area contributed by atoms with Crippen LogP contribution in [0, 0.1) is 0 Å². The minimum atomic E-state index is -1.08. The number of carboxylic acid groups (broad SMARTS) is 1. The van der Waals surface area contributed by atoms with Crippen molar-refractivity contribution in [2.75, 3.05) is 0 Å². The summed E-state index contributed by atoms with van der Waals surface area (Å²) in [5, 5.41) is 8.89. The summed E-state index contributed by atoms with van der Waals surface area (Å²) in [7, 11) is 0. The standard InChI is InChI=1S/C2H4O2.Cu.N3/c1-2(3)4;;1-3-2/h1H3,(H,3,4);;/q;+2;-1/p-1. The molecule has 0 heterocycles. The second-order valence-corrected chi connectivity index (χ2v) is 0.581. The topological polar surface area (TPSA) is 98.8 Å². The van der Waals surface area contributed by atoms with E-state index < -0.39 is 5.97 Å². The second-order valence-electron chi connectivity index (χ2n) is 0.581. The first kappa shape index (κ1) is 15.7. The molecule has 0 aromatic carbocycles. The molecule has 0 aromatic rings. The van der Waals surface area contributed by atoms with Gasteiger partial charge in [0.05, 0.1) is 0 Å². The fourth-order valence-corrected chi connectivity index (χ4v) is 0. The van der Waals surface area contributed by atoms with Gasteiger partial charge in [0.1, 0.15) is 0 Å². The van der Waals surface area contributed by atoms with Crippen LogP contribution in [0.15, 0.2) is 0 Å². The number of carbonyl (C=O) groups is 1. The first-order chi connectivity index (χ1) is 3.15. The summed E-state index contributed by atoms with van der Waals surface area (Å²) >= 11 is 0. The maximum atomic E-state index is 8.89. The maximum Gasteiger partial charge on any atom is 2.00 e. The van der Waals surface area contributed by atoms with Crippen molar-refractivity contribution in [3.63, 3.8) is 0 Å². The molecule has 0 fully saturated rings. The van der Waals surface area contributed by atoms with Crippen LogP contribution in [-0.2, 0) is 21.9 Å². The van der Waals surface area contributed by atoms with Crippen molar-refractivity contribution in [2.45, 2.75) is 6.92 Å². The molecule has 6 heteroatoms. The number of hydrogen-bond donors (Lipinski definition) is 0. The van der Waals surface area contributed by atoms with Crippen molar-refractivity contribution in [3.8, 4) is 0 Å². The first-order valence-corrected chi connectivity index (χ1v) is 1.31. The van der Waals surface area contributed by atoms with E-state index in [1.165, 1.54) is 4.91 Å². The number of nitrogens with zero attached hydrogens (tertiary/aromatic N) is 3. The van der Waals surface area contributed by atoms with Crippen molar-refractivity contribution >= 4 is 5.97 Å². The third-order valence-electron chi connectivity index (χ3n) is 0. The minimum absolute atomic E-state index is 0. The third-order valence-corrected chi connectivity index (χ3v) is 0. The van der Waals surface area contributed by atoms with Gasteiger partial charge in [-0.2, -0.15) is 0 Å². The van der Waals surface area contributed by atoms with Gasteiger partial charge < -0.3 is 21.0 Å². The molecule has 0 unspecified atom stereocenters. The Morgan fingerprint density at radius 2 is 1.62 bits per heavy atom. The Bertz CT molecular complexity index is 83.3. The third kappa shape index (κ3) is 200. The summed E-state index contributed by atoms with van der Waals surface area (Å²) in [5.74, 6) is -1.08. The molecule has 0 aliphatic carbocycles. The second kappa shape index (κ2) is 16.3. The van der Waals surface area contributed by atoms with Crippen LogP contribution in [0.3, 0.4) is 0 Å². The van der Waals surface area contributed by atoms with Crippen LogP contribution in [0.1, 0.15) is 6.92 Å². The average Bonchev–Trinajstić information content (AvgIpc) is 1.33. The Hall–Kier alpha value is -0.701. The van der Waals surface area contributed by atoms with Gasteiger partial charge in [-0.1, -0.05) is 0 Å². The molecule has 0 saturated heterocycles. The van der Waals surface area contributed by atoms with Gasteiger partial charge in [-0.3, -0.25) is 4.91 Å². The number of hydrogen-bond acceptors (Lipinski definition) is 2. The van der Waals surface area contributed by atoms with Crippen molar-refractivity contribution in [3.05, 3.63) is 16.0 Å². The average molecular weight is 165 g/mol. The Balaban J connectivity index is -0.0000000575. The van der Waals surface area contributed by atoms with E-state index in [4.69, 9.17) is 21.0 Å². The van der Waals surface area contributed by atoms with Crippen LogP contribution in [-0.4, -0.2) is 5.97 Å². The molecule has 0 spiro atoms. The molecular formula is C2H3CuN3O2. The number of aliphatic carboxylic acids is 1.